The van der Waals surface area contributed by atoms with Crippen molar-refractivity contribution in [2.45, 2.75) is 45.1 Å². The minimum atomic E-state index is -1.05. The molecule has 1 unspecified atom stereocenters. The molecule has 19 heavy (non-hydrogen) atoms. The van der Waals surface area contributed by atoms with Crippen LogP contribution < -0.4 is 0 Å². The minimum Gasteiger partial charge on any atom is -0.480 e. The molecule has 1 fully saturated rings. The maximum atomic E-state index is 12.2. The number of carbonyl (C=O) groups is 2. The smallest absolute Gasteiger partial charge is 0.329 e. The van der Waals surface area contributed by atoms with Gasteiger partial charge >= 0.3 is 5.97 Å². The summed E-state index contributed by atoms with van der Waals surface area (Å²) in [4.78, 5) is 25.0. The van der Waals surface area contributed by atoms with Crippen molar-refractivity contribution in [2.24, 2.45) is 0 Å². The average molecular weight is 265 g/mol. The van der Waals surface area contributed by atoms with Gasteiger partial charge in [-0.05, 0) is 38.8 Å². The van der Waals surface area contributed by atoms with E-state index in [1.165, 1.54) is 4.90 Å². The number of carboxylic acid groups (broad SMARTS) is 1. The van der Waals surface area contributed by atoms with Crippen molar-refractivity contribution < 1.29 is 19.1 Å². The Morgan fingerprint density at radius 3 is 2.79 bits per heavy atom. The first kappa shape index (κ1) is 13.6. The van der Waals surface area contributed by atoms with E-state index in [1.54, 1.807) is 6.92 Å². The minimum absolute atomic E-state index is 0.114. The molecule has 5 heteroatoms. The lowest BCUT2D eigenvalue weighted by atomic mass is 9.99. The van der Waals surface area contributed by atoms with Crippen molar-refractivity contribution >= 4 is 11.9 Å². The Morgan fingerprint density at radius 2 is 2.21 bits per heavy atom. The SMILES string of the molecule is Cc1ccc(CCC(=O)N2CCCC2(C)C(=O)O)o1. The molecule has 1 N–H and O–H groups in total. The van der Waals surface area contributed by atoms with Crippen LogP contribution in [0.1, 0.15) is 37.7 Å². The lowest BCUT2D eigenvalue weighted by molar-refractivity contribution is -0.155. The van der Waals surface area contributed by atoms with Crippen molar-refractivity contribution in [1.82, 2.24) is 4.90 Å². The normalized spacial score (nSPS) is 22.7. The van der Waals surface area contributed by atoms with Gasteiger partial charge in [0.1, 0.15) is 17.1 Å². The number of furan rings is 1. The molecule has 2 heterocycles. The van der Waals surface area contributed by atoms with Crippen LogP contribution in [-0.4, -0.2) is 34.0 Å². The van der Waals surface area contributed by atoms with Crippen molar-refractivity contribution in [3.8, 4) is 0 Å². The quantitative estimate of drug-likeness (QED) is 0.903. The zero-order chi connectivity index (χ0) is 14.0. The predicted molar refractivity (Wildman–Crippen MR) is 68.8 cm³/mol. The molecule has 0 radical (unpaired) electrons. The Kier molecular flexibility index (Phi) is 3.64. The van der Waals surface area contributed by atoms with E-state index >= 15 is 0 Å². The molecule has 1 saturated heterocycles. The highest BCUT2D eigenvalue weighted by molar-refractivity contribution is 5.87. The van der Waals surface area contributed by atoms with Crippen LogP contribution >= 0.6 is 0 Å². The average Bonchev–Trinajstić information content (AvgIpc) is 2.93. The Bertz CT molecular complexity index is 493. The van der Waals surface area contributed by atoms with E-state index in [2.05, 4.69) is 0 Å². The van der Waals surface area contributed by atoms with Gasteiger partial charge in [0.15, 0.2) is 0 Å². The molecule has 1 amide bonds. The lowest BCUT2D eigenvalue weighted by Crippen LogP contribution is -2.50. The fourth-order valence-corrected chi connectivity index (χ4v) is 2.57. The fourth-order valence-electron chi connectivity index (χ4n) is 2.57. The summed E-state index contributed by atoms with van der Waals surface area (Å²) < 4.78 is 5.41. The van der Waals surface area contributed by atoms with Crippen LogP contribution in [0.5, 0.6) is 0 Å². The lowest BCUT2D eigenvalue weighted by Gasteiger charge is -2.31. The van der Waals surface area contributed by atoms with E-state index in [0.29, 0.717) is 19.4 Å². The van der Waals surface area contributed by atoms with E-state index in [4.69, 9.17) is 4.42 Å². The molecule has 1 aliphatic heterocycles. The third-order valence-electron chi connectivity index (χ3n) is 3.78. The number of hydrogen-bond donors (Lipinski definition) is 1. The standard InChI is InChI=1S/C14H19NO4/c1-10-4-5-11(19-10)6-7-12(16)15-9-3-8-14(15,2)13(17)18/h4-5H,3,6-9H2,1-2H3,(H,17,18). The van der Waals surface area contributed by atoms with Gasteiger partial charge in [-0.25, -0.2) is 4.79 Å². The number of rotatable bonds is 4. The van der Waals surface area contributed by atoms with E-state index in [-0.39, 0.29) is 12.3 Å². The van der Waals surface area contributed by atoms with Gasteiger partial charge in [0.2, 0.25) is 5.91 Å². The Morgan fingerprint density at radius 1 is 1.47 bits per heavy atom. The zero-order valence-electron chi connectivity index (χ0n) is 11.3. The first-order chi connectivity index (χ1) is 8.93. The maximum Gasteiger partial charge on any atom is 0.329 e. The van der Waals surface area contributed by atoms with Gasteiger partial charge in [-0.1, -0.05) is 0 Å². The second kappa shape index (κ2) is 5.07. The number of aryl methyl sites for hydroxylation is 2. The molecule has 1 aromatic heterocycles. The van der Waals surface area contributed by atoms with Crippen LogP contribution in [-0.2, 0) is 16.0 Å². The van der Waals surface area contributed by atoms with Crippen molar-refractivity contribution in [3.05, 3.63) is 23.7 Å². The van der Waals surface area contributed by atoms with Crippen LogP contribution in [0, 0.1) is 6.92 Å². The van der Waals surface area contributed by atoms with Crippen LogP contribution in [0.3, 0.4) is 0 Å². The second-order valence-electron chi connectivity index (χ2n) is 5.24. The van der Waals surface area contributed by atoms with E-state index in [1.807, 2.05) is 19.1 Å². The number of likely N-dealkylation sites (tertiary alicyclic amines) is 1. The van der Waals surface area contributed by atoms with Crippen LogP contribution in [0.25, 0.3) is 0 Å². The summed E-state index contributed by atoms with van der Waals surface area (Å²) in [6, 6.07) is 3.71. The first-order valence-corrected chi connectivity index (χ1v) is 6.52. The number of aliphatic carboxylic acids is 1. The topological polar surface area (TPSA) is 70.8 Å². The molecule has 0 saturated carbocycles. The van der Waals surface area contributed by atoms with Gasteiger partial charge in [0.05, 0.1) is 0 Å². The largest absolute Gasteiger partial charge is 0.480 e. The molecule has 1 atom stereocenters. The predicted octanol–water partition coefficient (Wildman–Crippen LogP) is 1.99. The molecule has 1 aromatic rings. The van der Waals surface area contributed by atoms with Gasteiger partial charge in [0, 0.05) is 19.4 Å². The Balaban J connectivity index is 1.98. The molecule has 0 spiro atoms. The highest BCUT2D eigenvalue weighted by Gasteiger charge is 2.45. The molecule has 0 aromatic carbocycles. The van der Waals surface area contributed by atoms with E-state index in [9.17, 15) is 14.7 Å². The number of hydrogen-bond acceptors (Lipinski definition) is 3. The molecule has 0 bridgehead atoms. The van der Waals surface area contributed by atoms with Crippen molar-refractivity contribution in [1.29, 1.82) is 0 Å². The molecular weight excluding hydrogens is 246 g/mol. The van der Waals surface area contributed by atoms with Crippen molar-refractivity contribution in [3.63, 3.8) is 0 Å². The zero-order valence-corrected chi connectivity index (χ0v) is 11.3. The number of carbonyl (C=O) groups excluding carboxylic acids is 1. The summed E-state index contributed by atoms with van der Waals surface area (Å²) in [5, 5.41) is 9.27. The highest BCUT2D eigenvalue weighted by atomic mass is 16.4. The monoisotopic (exact) mass is 265 g/mol. The number of amides is 1. The summed E-state index contributed by atoms with van der Waals surface area (Å²) >= 11 is 0. The van der Waals surface area contributed by atoms with Crippen molar-refractivity contribution in [2.75, 3.05) is 6.54 Å². The van der Waals surface area contributed by atoms with Gasteiger partial charge in [-0.15, -0.1) is 0 Å². The first-order valence-electron chi connectivity index (χ1n) is 6.52. The summed E-state index contributed by atoms with van der Waals surface area (Å²) in [5.74, 6) is 0.546. The Labute approximate surface area is 112 Å². The maximum absolute atomic E-state index is 12.2. The summed E-state index contributed by atoms with van der Waals surface area (Å²) in [5.41, 5.74) is -1.05. The number of carboxylic acids is 1. The molecule has 1 aliphatic rings. The number of nitrogens with zero attached hydrogens (tertiary/aromatic N) is 1. The van der Waals surface area contributed by atoms with Gasteiger partial charge in [-0.2, -0.15) is 0 Å². The van der Waals surface area contributed by atoms with E-state index < -0.39 is 11.5 Å². The van der Waals surface area contributed by atoms with E-state index in [0.717, 1.165) is 17.9 Å². The third-order valence-corrected chi connectivity index (χ3v) is 3.78. The van der Waals surface area contributed by atoms with Crippen LogP contribution in [0.4, 0.5) is 0 Å². The molecule has 104 valence electrons. The van der Waals surface area contributed by atoms with Gasteiger partial charge in [-0.3, -0.25) is 4.79 Å². The van der Waals surface area contributed by atoms with Crippen LogP contribution in [0.2, 0.25) is 0 Å². The summed E-state index contributed by atoms with van der Waals surface area (Å²) in [6.45, 7) is 4.00. The van der Waals surface area contributed by atoms with Gasteiger partial charge in [0.25, 0.3) is 0 Å². The van der Waals surface area contributed by atoms with Crippen LogP contribution in [0.15, 0.2) is 16.5 Å². The summed E-state index contributed by atoms with van der Waals surface area (Å²) in [6.07, 6.45) is 2.07. The van der Waals surface area contributed by atoms with Gasteiger partial charge < -0.3 is 14.4 Å². The third kappa shape index (κ3) is 2.64. The molecule has 0 aliphatic carbocycles. The molecule has 5 nitrogen and oxygen atoms in total. The Hall–Kier alpha value is -1.78. The second-order valence-corrected chi connectivity index (χ2v) is 5.24. The summed E-state index contributed by atoms with van der Waals surface area (Å²) in [7, 11) is 0. The fraction of sp³-hybridized carbons (Fsp3) is 0.571. The molecule has 2 rings (SSSR count). The highest BCUT2D eigenvalue weighted by Crippen LogP contribution is 2.30. The molecular formula is C14H19NO4.